The number of aliphatic imine (C=N–C) groups is 1. The van der Waals surface area contributed by atoms with Crippen LogP contribution in [-0.2, 0) is 0 Å². The molecule has 0 spiro atoms. The molecule has 0 aromatic heterocycles. The van der Waals surface area contributed by atoms with E-state index >= 15 is 0 Å². The van der Waals surface area contributed by atoms with Crippen molar-refractivity contribution < 1.29 is 0 Å². The Hall–Kier alpha value is -0.850. The topological polar surface area (TPSA) is 12.4 Å². The first kappa shape index (κ1) is 10.2. The lowest BCUT2D eigenvalue weighted by Gasteiger charge is -2.02. The standard InChI is InChI=1S/C10H17N/c1-5-6-7-10(11-4)8-9(2)3/h5-7,9H,4,8H2,1-3H3/b6-5-,10-7-. The van der Waals surface area contributed by atoms with Gasteiger partial charge in [-0.3, -0.25) is 4.99 Å². The van der Waals surface area contributed by atoms with Gasteiger partial charge in [0.05, 0.1) is 0 Å². The van der Waals surface area contributed by atoms with E-state index < -0.39 is 0 Å². The number of allylic oxidation sites excluding steroid dienone is 4. The first-order valence-electron chi connectivity index (χ1n) is 3.99. The van der Waals surface area contributed by atoms with Crippen LogP contribution in [0.1, 0.15) is 27.2 Å². The first-order chi connectivity index (χ1) is 5.20. The maximum absolute atomic E-state index is 3.93. The Kier molecular flexibility index (Phi) is 5.44. The molecule has 0 saturated carbocycles. The highest BCUT2D eigenvalue weighted by Gasteiger charge is 1.96. The van der Waals surface area contributed by atoms with Crippen molar-refractivity contribution in [1.29, 1.82) is 0 Å². The highest BCUT2D eigenvalue weighted by molar-refractivity contribution is 5.30. The highest BCUT2D eigenvalue weighted by Crippen LogP contribution is 2.10. The Morgan fingerprint density at radius 2 is 2.18 bits per heavy atom. The molecule has 0 saturated heterocycles. The molecule has 0 aromatic carbocycles. The van der Waals surface area contributed by atoms with E-state index in [9.17, 15) is 0 Å². The lowest BCUT2D eigenvalue weighted by atomic mass is 10.1. The Bertz CT molecular complexity index is 164. The van der Waals surface area contributed by atoms with E-state index in [4.69, 9.17) is 0 Å². The van der Waals surface area contributed by atoms with Crippen LogP contribution in [0.15, 0.2) is 28.9 Å². The van der Waals surface area contributed by atoms with Gasteiger partial charge in [-0.25, -0.2) is 0 Å². The van der Waals surface area contributed by atoms with Gasteiger partial charge in [-0.05, 0) is 32.1 Å². The Morgan fingerprint density at radius 1 is 1.55 bits per heavy atom. The summed E-state index contributed by atoms with van der Waals surface area (Å²) in [7, 11) is 0. The molecule has 0 N–H and O–H groups in total. The normalized spacial score (nSPS) is 12.9. The second-order valence-electron chi connectivity index (χ2n) is 2.94. The fourth-order valence-electron chi connectivity index (χ4n) is 0.811. The summed E-state index contributed by atoms with van der Waals surface area (Å²) in [6.07, 6.45) is 7.00. The van der Waals surface area contributed by atoms with Crippen LogP contribution in [0.3, 0.4) is 0 Å². The zero-order valence-corrected chi connectivity index (χ0v) is 7.67. The largest absolute Gasteiger partial charge is 0.269 e. The van der Waals surface area contributed by atoms with Crippen molar-refractivity contribution in [2.24, 2.45) is 10.9 Å². The predicted molar refractivity (Wildman–Crippen MR) is 51.9 cm³/mol. The maximum atomic E-state index is 3.93. The van der Waals surface area contributed by atoms with Crippen molar-refractivity contribution in [2.45, 2.75) is 27.2 Å². The summed E-state index contributed by atoms with van der Waals surface area (Å²) in [6.45, 7) is 9.86. The van der Waals surface area contributed by atoms with Crippen molar-refractivity contribution in [3.8, 4) is 0 Å². The van der Waals surface area contributed by atoms with Crippen molar-refractivity contribution in [3.63, 3.8) is 0 Å². The van der Waals surface area contributed by atoms with Gasteiger partial charge in [-0.2, -0.15) is 0 Å². The van der Waals surface area contributed by atoms with Crippen LogP contribution in [0.4, 0.5) is 0 Å². The maximum Gasteiger partial charge on any atom is 0.0398 e. The summed E-state index contributed by atoms with van der Waals surface area (Å²) < 4.78 is 0. The van der Waals surface area contributed by atoms with E-state index in [0.29, 0.717) is 5.92 Å². The van der Waals surface area contributed by atoms with Crippen molar-refractivity contribution in [1.82, 2.24) is 0 Å². The molecular formula is C10H17N. The van der Waals surface area contributed by atoms with E-state index in [-0.39, 0.29) is 0 Å². The minimum absolute atomic E-state index is 0.650. The molecule has 1 heteroatoms. The number of rotatable bonds is 4. The molecule has 0 heterocycles. The minimum Gasteiger partial charge on any atom is -0.269 e. The van der Waals surface area contributed by atoms with Gasteiger partial charge in [0.1, 0.15) is 0 Å². The smallest absolute Gasteiger partial charge is 0.0398 e. The summed E-state index contributed by atoms with van der Waals surface area (Å²) in [4.78, 5) is 3.93. The van der Waals surface area contributed by atoms with E-state index in [0.717, 1.165) is 12.1 Å². The van der Waals surface area contributed by atoms with Crippen molar-refractivity contribution >= 4 is 6.72 Å². The Balaban J connectivity index is 4.04. The molecule has 1 nitrogen and oxygen atoms in total. The van der Waals surface area contributed by atoms with E-state index in [2.05, 4.69) is 25.6 Å². The first-order valence-corrected chi connectivity index (χ1v) is 3.99. The third-order valence-electron chi connectivity index (χ3n) is 1.30. The van der Waals surface area contributed by atoms with E-state index in [1.165, 1.54) is 0 Å². The van der Waals surface area contributed by atoms with E-state index in [1.54, 1.807) is 0 Å². The van der Waals surface area contributed by atoms with Crippen LogP contribution in [-0.4, -0.2) is 6.72 Å². The molecule has 0 rings (SSSR count). The third-order valence-corrected chi connectivity index (χ3v) is 1.30. The number of hydrogen-bond acceptors (Lipinski definition) is 1. The molecule has 0 aromatic rings. The SMILES string of the molecule is C=N/C(=C\C=C/C)CC(C)C. The fourth-order valence-corrected chi connectivity index (χ4v) is 0.811. The van der Waals surface area contributed by atoms with Gasteiger partial charge in [0.15, 0.2) is 0 Å². The van der Waals surface area contributed by atoms with Gasteiger partial charge >= 0.3 is 0 Å². The van der Waals surface area contributed by atoms with Crippen LogP contribution >= 0.6 is 0 Å². The van der Waals surface area contributed by atoms with Crippen molar-refractivity contribution in [3.05, 3.63) is 23.9 Å². The summed E-state index contributed by atoms with van der Waals surface area (Å²) in [5.74, 6) is 0.650. The third kappa shape index (κ3) is 5.59. The number of hydrogen-bond donors (Lipinski definition) is 0. The second-order valence-corrected chi connectivity index (χ2v) is 2.94. The average molecular weight is 151 g/mol. The predicted octanol–water partition coefficient (Wildman–Crippen LogP) is 3.19. The minimum atomic E-state index is 0.650. The van der Waals surface area contributed by atoms with Gasteiger partial charge in [0, 0.05) is 5.70 Å². The lowest BCUT2D eigenvalue weighted by Crippen LogP contribution is -1.88. The molecule has 0 unspecified atom stereocenters. The van der Waals surface area contributed by atoms with Gasteiger partial charge in [0.25, 0.3) is 0 Å². The quantitative estimate of drug-likeness (QED) is 0.432. The van der Waals surface area contributed by atoms with E-state index in [1.807, 2.05) is 25.2 Å². The lowest BCUT2D eigenvalue weighted by molar-refractivity contribution is 0.639. The zero-order chi connectivity index (χ0) is 8.69. The second kappa shape index (κ2) is 5.90. The number of nitrogens with zero attached hydrogens (tertiary/aromatic N) is 1. The van der Waals surface area contributed by atoms with Crippen LogP contribution < -0.4 is 0 Å². The fraction of sp³-hybridized carbons (Fsp3) is 0.500. The summed E-state index contributed by atoms with van der Waals surface area (Å²) in [5.41, 5.74) is 1.07. The molecule has 11 heavy (non-hydrogen) atoms. The molecule has 0 atom stereocenters. The molecule has 0 amide bonds. The van der Waals surface area contributed by atoms with Gasteiger partial charge in [0.2, 0.25) is 0 Å². The van der Waals surface area contributed by atoms with Gasteiger partial charge in [-0.1, -0.05) is 26.0 Å². The van der Waals surface area contributed by atoms with Crippen LogP contribution in [0.25, 0.3) is 0 Å². The van der Waals surface area contributed by atoms with Gasteiger partial charge < -0.3 is 0 Å². The summed E-state index contributed by atoms with van der Waals surface area (Å²) in [5, 5.41) is 0. The van der Waals surface area contributed by atoms with Crippen LogP contribution in [0, 0.1) is 5.92 Å². The Labute approximate surface area is 69.5 Å². The van der Waals surface area contributed by atoms with Gasteiger partial charge in [-0.15, -0.1) is 0 Å². The molecule has 0 aliphatic carbocycles. The average Bonchev–Trinajstić information content (AvgIpc) is 1.97. The van der Waals surface area contributed by atoms with Crippen LogP contribution in [0.5, 0.6) is 0 Å². The Morgan fingerprint density at radius 3 is 2.55 bits per heavy atom. The summed E-state index contributed by atoms with van der Waals surface area (Å²) >= 11 is 0. The molecule has 0 fully saturated rings. The highest BCUT2D eigenvalue weighted by atomic mass is 14.7. The van der Waals surface area contributed by atoms with Crippen LogP contribution in [0.2, 0.25) is 0 Å². The molecule has 62 valence electrons. The molecule has 0 bridgehead atoms. The monoisotopic (exact) mass is 151 g/mol. The summed E-state index contributed by atoms with van der Waals surface area (Å²) in [6, 6.07) is 0. The molecular weight excluding hydrogens is 134 g/mol. The zero-order valence-electron chi connectivity index (χ0n) is 7.67. The molecule has 0 aliphatic heterocycles. The molecule has 0 radical (unpaired) electrons. The molecule has 0 aliphatic rings. The van der Waals surface area contributed by atoms with Crippen molar-refractivity contribution in [2.75, 3.05) is 0 Å².